The van der Waals surface area contributed by atoms with Crippen molar-refractivity contribution in [2.45, 2.75) is 30.2 Å². The summed E-state index contributed by atoms with van der Waals surface area (Å²) in [5.41, 5.74) is 6.08. The Balaban J connectivity index is 1.90. The van der Waals surface area contributed by atoms with Crippen molar-refractivity contribution in [3.63, 3.8) is 0 Å². The van der Waals surface area contributed by atoms with Crippen LogP contribution in [0.1, 0.15) is 19.3 Å². The van der Waals surface area contributed by atoms with Crippen molar-refractivity contribution in [2.75, 3.05) is 31.9 Å². The number of fused-ring (bicyclic) bond motifs is 1. The van der Waals surface area contributed by atoms with Gasteiger partial charge in [0.15, 0.2) is 0 Å². The second-order valence-electron chi connectivity index (χ2n) is 5.73. The Morgan fingerprint density at radius 3 is 2.71 bits per heavy atom. The zero-order valence-corrected chi connectivity index (χ0v) is 13.4. The molecule has 1 aromatic carbocycles. The fourth-order valence-electron chi connectivity index (χ4n) is 3.28. The van der Waals surface area contributed by atoms with Crippen LogP contribution < -0.4 is 5.73 Å². The average Bonchev–Trinajstić information content (AvgIpc) is 2.75. The molecule has 5 nitrogen and oxygen atoms in total. The topological polar surface area (TPSA) is 66.6 Å². The van der Waals surface area contributed by atoms with E-state index in [9.17, 15) is 8.42 Å². The van der Waals surface area contributed by atoms with Crippen LogP contribution in [0.4, 0.5) is 5.69 Å². The van der Waals surface area contributed by atoms with Crippen molar-refractivity contribution < 1.29 is 8.42 Å². The molecule has 0 aliphatic carbocycles. The third-order valence-electron chi connectivity index (χ3n) is 4.36. The van der Waals surface area contributed by atoms with Gasteiger partial charge in [-0.1, -0.05) is 11.6 Å². The first-order chi connectivity index (χ1) is 9.98. The predicted molar refractivity (Wildman–Crippen MR) is 83.8 cm³/mol. The lowest BCUT2D eigenvalue weighted by molar-refractivity contribution is 0.257. The quantitative estimate of drug-likeness (QED) is 0.840. The van der Waals surface area contributed by atoms with E-state index < -0.39 is 10.0 Å². The number of nitrogens with zero attached hydrogens (tertiary/aromatic N) is 2. The molecule has 116 valence electrons. The van der Waals surface area contributed by atoms with Gasteiger partial charge < -0.3 is 5.73 Å². The van der Waals surface area contributed by atoms with Crippen LogP contribution in [0, 0.1) is 0 Å². The highest BCUT2D eigenvalue weighted by atomic mass is 35.5. The van der Waals surface area contributed by atoms with Crippen molar-refractivity contribution in [1.82, 2.24) is 9.21 Å². The highest BCUT2D eigenvalue weighted by Gasteiger charge is 2.34. The molecule has 2 heterocycles. The third-order valence-corrected chi connectivity index (χ3v) is 6.53. The average molecular weight is 330 g/mol. The largest absolute Gasteiger partial charge is 0.398 e. The number of nitrogens with two attached hydrogens (primary N) is 1. The molecule has 2 aliphatic rings. The summed E-state index contributed by atoms with van der Waals surface area (Å²) in [5, 5.41) is 0.448. The standard InChI is InChI=1S/C14H20ClN3O2S/c15-11-4-5-14(13(16)9-11)21(19,20)18-8-2-7-17-6-1-3-12(17)10-18/h4-5,9,12H,1-3,6-8,10,16H2. The minimum atomic E-state index is -3.55. The molecule has 0 amide bonds. The molecule has 21 heavy (non-hydrogen) atoms. The van der Waals surface area contributed by atoms with Crippen molar-refractivity contribution in [3.8, 4) is 0 Å². The van der Waals surface area contributed by atoms with Gasteiger partial charge in [-0.15, -0.1) is 0 Å². The number of nitrogen functional groups attached to an aromatic ring is 1. The monoisotopic (exact) mass is 329 g/mol. The highest BCUT2D eigenvalue weighted by molar-refractivity contribution is 7.89. The summed E-state index contributed by atoms with van der Waals surface area (Å²) < 4.78 is 27.3. The molecule has 0 radical (unpaired) electrons. The maximum absolute atomic E-state index is 12.8. The fraction of sp³-hybridized carbons (Fsp3) is 0.571. The Hall–Kier alpha value is -0.820. The van der Waals surface area contributed by atoms with Crippen molar-refractivity contribution in [1.29, 1.82) is 0 Å². The van der Waals surface area contributed by atoms with E-state index in [0.29, 0.717) is 24.2 Å². The van der Waals surface area contributed by atoms with E-state index in [4.69, 9.17) is 17.3 Å². The molecule has 1 atom stereocenters. The Morgan fingerprint density at radius 2 is 1.95 bits per heavy atom. The first-order valence-corrected chi connectivity index (χ1v) is 9.09. The first kappa shape index (κ1) is 15.1. The minimum Gasteiger partial charge on any atom is -0.398 e. The Morgan fingerprint density at radius 1 is 1.19 bits per heavy atom. The molecule has 0 bridgehead atoms. The predicted octanol–water partition coefficient (Wildman–Crippen LogP) is 1.78. The molecular weight excluding hydrogens is 310 g/mol. The smallest absolute Gasteiger partial charge is 0.245 e. The van der Waals surface area contributed by atoms with Crippen LogP contribution in [0.5, 0.6) is 0 Å². The van der Waals surface area contributed by atoms with Gasteiger partial charge in [0.1, 0.15) is 4.90 Å². The van der Waals surface area contributed by atoms with Crippen molar-refractivity contribution >= 4 is 27.3 Å². The fourth-order valence-corrected chi connectivity index (χ4v) is 5.08. The summed E-state index contributed by atoms with van der Waals surface area (Å²) in [6.07, 6.45) is 3.09. The van der Waals surface area contributed by atoms with E-state index in [2.05, 4.69) is 4.90 Å². The second kappa shape index (κ2) is 5.76. The lowest BCUT2D eigenvalue weighted by atomic mass is 10.2. The number of hydrogen-bond donors (Lipinski definition) is 1. The van der Waals surface area contributed by atoms with E-state index in [-0.39, 0.29) is 10.6 Å². The summed E-state index contributed by atoms with van der Waals surface area (Å²) in [6, 6.07) is 4.92. The third kappa shape index (κ3) is 2.90. The Bertz CT molecular complexity index is 635. The van der Waals surface area contributed by atoms with Gasteiger partial charge in [-0.05, 0) is 50.6 Å². The molecule has 1 unspecified atom stereocenters. The van der Waals surface area contributed by atoms with E-state index in [0.717, 1.165) is 32.4 Å². The zero-order valence-electron chi connectivity index (χ0n) is 11.8. The second-order valence-corrected chi connectivity index (χ2v) is 8.07. The van der Waals surface area contributed by atoms with Gasteiger partial charge in [0, 0.05) is 24.2 Å². The lowest BCUT2D eigenvalue weighted by Gasteiger charge is -2.25. The van der Waals surface area contributed by atoms with Gasteiger partial charge in [-0.25, -0.2) is 8.42 Å². The van der Waals surface area contributed by atoms with Crippen LogP contribution in [0.2, 0.25) is 5.02 Å². The highest BCUT2D eigenvalue weighted by Crippen LogP contribution is 2.29. The molecule has 0 aromatic heterocycles. The van der Waals surface area contributed by atoms with Gasteiger partial charge in [0.25, 0.3) is 0 Å². The SMILES string of the molecule is Nc1cc(Cl)ccc1S(=O)(=O)N1CCCN2CCCC2C1. The molecule has 2 saturated heterocycles. The molecule has 2 aliphatic heterocycles. The molecule has 7 heteroatoms. The maximum Gasteiger partial charge on any atom is 0.245 e. The van der Waals surface area contributed by atoms with Crippen LogP contribution in [0.25, 0.3) is 0 Å². The van der Waals surface area contributed by atoms with Gasteiger partial charge in [-0.3, -0.25) is 4.90 Å². The van der Waals surface area contributed by atoms with Crippen LogP contribution in [0.15, 0.2) is 23.1 Å². The molecule has 1 aromatic rings. The Labute approximate surface area is 130 Å². The first-order valence-electron chi connectivity index (χ1n) is 7.28. The van der Waals surface area contributed by atoms with Crippen molar-refractivity contribution in [2.24, 2.45) is 0 Å². The van der Waals surface area contributed by atoms with Crippen LogP contribution >= 0.6 is 11.6 Å². The summed E-state index contributed by atoms with van der Waals surface area (Å²) in [4.78, 5) is 2.57. The maximum atomic E-state index is 12.8. The number of halogens is 1. The minimum absolute atomic E-state index is 0.165. The molecule has 0 spiro atoms. The molecular formula is C14H20ClN3O2S. The van der Waals surface area contributed by atoms with Gasteiger partial charge in [-0.2, -0.15) is 4.31 Å². The van der Waals surface area contributed by atoms with E-state index in [1.807, 2.05) is 0 Å². The van der Waals surface area contributed by atoms with Crippen molar-refractivity contribution in [3.05, 3.63) is 23.2 Å². The Kier molecular flexibility index (Phi) is 4.14. The van der Waals surface area contributed by atoms with E-state index >= 15 is 0 Å². The number of rotatable bonds is 2. The normalized spacial score (nSPS) is 24.7. The number of anilines is 1. The summed E-state index contributed by atoms with van der Waals surface area (Å²) in [5.74, 6) is 0. The molecule has 2 fully saturated rings. The van der Waals surface area contributed by atoms with Gasteiger partial charge in [0.2, 0.25) is 10.0 Å². The molecule has 2 N–H and O–H groups in total. The number of sulfonamides is 1. The van der Waals surface area contributed by atoms with E-state index in [1.165, 1.54) is 12.1 Å². The van der Waals surface area contributed by atoms with Crippen LogP contribution in [-0.2, 0) is 10.0 Å². The zero-order chi connectivity index (χ0) is 15.0. The van der Waals surface area contributed by atoms with Gasteiger partial charge in [0.05, 0.1) is 5.69 Å². The molecule has 3 rings (SSSR count). The summed E-state index contributed by atoms with van der Waals surface area (Å²) in [6.45, 7) is 3.18. The van der Waals surface area contributed by atoms with Crippen LogP contribution in [0.3, 0.4) is 0 Å². The summed E-state index contributed by atoms with van der Waals surface area (Å²) in [7, 11) is -3.55. The molecule has 0 saturated carbocycles. The van der Waals surface area contributed by atoms with Gasteiger partial charge >= 0.3 is 0 Å². The number of hydrogen-bond acceptors (Lipinski definition) is 4. The van der Waals surface area contributed by atoms with Crippen LogP contribution in [-0.4, -0.2) is 49.8 Å². The summed E-state index contributed by atoms with van der Waals surface area (Å²) >= 11 is 5.86. The lowest BCUT2D eigenvalue weighted by Crippen LogP contribution is -2.39. The number of benzene rings is 1. The van der Waals surface area contributed by atoms with E-state index in [1.54, 1.807) is 10.4 Å².